The fourth-order valence-electron chi connectivity index (χ4n) is 3.42. The van der Waals surface area contributed by atoms with Crippen molar-refractivity contribution in [1.29, 1.82) is 0 Å². The molecule has 2 N–H and O–H groups in total. The van der Waals surface area contributed by atoms with E-state index in [1.165, 1.54) is 37.3 Å². The van der Waals surface area contributed by atoms with Gasteiger partial charge in [-0.2, -0.15) is 0 Å². The van der Waals surface area contributed by atoms with Crippen molar-refractivity contribution in [2.45, 2.75) is 85.4 Å². The Morgan fingerprint density at radius 2 is 2.00 bits per heavy atom. The van der Waals surface area contributed by atoms with Gasteiger partial charge in [0.2, 0.25) is 0 Å². The summed E-state index contributed by atoms with van der Waals surface area (Å²) in [5, 5.41) is 20.4. The molecule has 0 aliphatic heterocycles. The number of allylic oxidation sites excluding steroid dienone is 7. The zero-order valence-electron chi connectivity index (χ0n) is 17.3. The first-order valence-electron chi connectivity index (χ1n) is 9.60. The molecule has 1 aliphatic carbocycles. The fraction of sp³-hybridized carbons (Fsp3) is 0.609. The van der Waals surface area contributed by atoms with Crippen molar-refractivity contribution in [3.63, 3.8) is 0 Å². The summed E-state index contributed by atoms with van der Waals surface area (Å²) in [6, 6.07) is 0. The molecule has 0 amide bonds. The molecule has 0 spiro atoms. The van der Waals surface area contributed by atoms with Crippen LogP contribution in [0.4, 0.5) is 0 Å². The third-order valence-corrected chi connectivity index (χ3v) is 5.29. The number of hydrogen-bond acceptors (Lipinski definition) is 3. The van der Waals surface area contributed by atoms with Gasteiger partial charge in [-0.25, -0.2) is 0 Å². The van der Waals surface area contributed by atoms with Crippen molar-refractivity contribution in [3.05, 3.63) is 47.1 Å². The monoisotopic (exact) mass is 360 g/mol. The van der Waals surface area contributed by atoms with Crippen LogP contribution in [0.15, 0.2) is 47.1 Å². The van der Waals surface area contributed by atoms with Crippen LogP contribution in [0.1, 0.15) is 73.6 Å². The van der Waals surface area contributed by atoms with Crippen LogP contribution >= 0.6 is 0 Å². The lowest BCUT2D eigenvalue weighted by atomic mass is 9.72. The molecule has 0 bridgehead atoms. The molecule has 0 heterocycles. The Morgan fingerprint density at radius 1 is 1.35 bits per heavy atom. The summed E-state index contributed by atoms with van der Waals surface area (Å²) in [6.45, 7) is 11.9. The Balaban J connectivity index is 2.75. The number of carbonyl (C=O) groups is 1. The summed E-state index contributed by atoms with van der Waals surface area (Å²) in [6.07, 6.45) is 12.8. The quantitative estimate of drug-likeness (QED) is 0.595. The first-order valence-corrected chi connectivity index (χ1v) is 9.60. The van der Waals surface area contributed by atoms with Crippen LogP contribution in [0.2, 0.25) is 0 Å². The maximum absolute atomic E-state index is 11.0. The zero-order valence-corrected chi connectivity index (χ0v) is 17.3. The molecule has 0 radical (unpaired) electrons. The molecular formula is C23H36O3. The Labute approximate surface area is 159 Å². The van der Waals surface area contributed by atoms with Gasteiger partial charge in [-0.05, 0) is 64.4 Å². The van der Waals surface area contributed by atoms with Gasteiger partial charge in [-0.1, -0.05) is 55.4 Å². The number of rotatable bonds is 8. The largest absolute Gasteiger partial charge is 0.390 e. The number of Topliss-reactive ketones (excluding diaryl/α,β-unsaturated/α-hetero) is 1. The molecule has 1 rings (SSSR count). The second-order valence-electron chi connectivity index (χ2n) is 8.52. The molecule has 3 nitrogen and oxygen atoms in total. The zero-order chi connectivity index (χ0) is 20.0. The predicted molar refractivity (Wildman–Crippen MR) is 109 cm³/mol. The fourth-order valence-corrected chi connectivity index (χ4v) is 3.42. The van der Waals surface area contributed by atoms with E-state index in [9.17, 15) is 15.0 Å². The van der Waals surface area contributed by atoms with Crippen molar-refractivity contribution in [2.75, 3.05) is 0 Å². The molecule has 146 valence electrons. The van der Waals surface area contributed by atoms with E-state index in [4.69, 9.17) is 0 Å². The van der Waals surface area contributed by atoms with Gasteiger partial charge in [0.05, 0.1) is 6.10 Å². The number of carbonyl (C=O) groups excluding carboxylic acids is 1. The summed E-state index contributed by atoms with van der Waals surface area (Å²) >= 11 is 0. The highest BCUT2D eigenvalue weighted by atomic mass is 16.3. The first-order chi connectivity index (χ1) is 12.0. The molecule has 0 fully saturated rings. The van der Waals surface area contributed by atoms with E-state index in [0.29, 0.717) is 0 Å². The second kappa shape index (κ2) is 9.48. The summed E-state index contributed by atoms with van der Waals surface area (Å²) < 4.78 is 0. The average molecular weight is 361 g/mol. The SMILES string of the molecule is CC(=O)CC[C@H](O)[C@@](C)(O)/C=C/C=C(C)/C=C/C1=C(C)CCCC1(C)C. The van der Waals surface area contributed by atoms with Crippen LogP contribution in [0, 0.1) is 5.41 Å². The number of hydrogen-bond donors (Lipinski definition) is 2. The maximum atomic E-state index is 11.0. The van der Waals surface area contributed by atoms with Crippen LogP contribution in [0.5, 0.6) is 0 Å². The van der Waals surface area contributed by atoms with Crippen LogP contribution in [0.25, 0.3) is 0 Å². The van der Waals surface area contributed by atoms with E-state index < -0.39 is 11.7 Å². The smallest absolute Gasteiger partial charge is 0.129 e. The van der Waals surface area contributed by atoms with Crippen molar-refractivity contribution in [1.82, 2.24) is 0 Å². The van der Waals surface area contributed by atoms with E-state index in [2.05, 4.69) is 32.9 Å². The molecule has 0 saturated carbocycles. The molecule has 26 heavy (non-hydrogen) atoms. The minimum Gasteiger partial charge on any atom is -0.390 e. The van der Waals surface area contributed by atoms with Gasteiger partial charge in [0.25, 0.3) is 0 Å². The molecule has 0 unspecified atom stereocenters. The topological polar surface area (TPSA) is 57.5 Å². The van der Waals surface area contributed by atoms with E-state index >= 15 is 0 Å². The van der Waals surface area contributed by atoms with Gasteiger partial charge in [-0.15, -0.1) is 0 Å². The number of aliphatic hydroxyl groups is 2. The van der Waals surface area contributed by atoms with Gasteiger partial charge >= 0.3 is 0 Å². The normalized spacial score (nSPS) is 22.1. The molecule has 0 saturated heterocycles. The lowest BCUT2D eigenvalue weighted by Gasteiger charge is -2.32. The lowest BCUT2D eigenvalue weighted by molar-refractivity contribution is -0.118. The number of aliphatic hydroxyl groups excluding tert-OH is 1. The Kier molecular flexibility index (Phi) is 8.23. The molecule has 0 aromatic heterocycles. The Morgan fingerprint density at radius 3 is 2.58 bits per heavy atom. The second-order valence-corrected chi connectivity index (χ2v) is 8.52. The molecule has 2 atom stereocenters. The Bertz CT molecular complexity index is 615. The average Bonchev–Trinajstić information content (AvgIpc) is 2.51. The van der Waals surface area contributed by atoms with E-state index in [1.807, 2.05) is 13.0 Å². The maximum Gasteiger partial charge on any atom is 0.129 e. The standard InChI is InChI=1S/C23H36O3/c1-17(11-13-20-18(2)10-8-15-22(20,4)5)9-7-16-23(6,26)21(25)14-12-19(3)24/h7,9,11,13,16,21,25-26H,8,10,12,14-15H2,1-6H3/b13-11+,16-7+,17-9+/t21-,23-/m0/s1. The Hall–Kier alpha value is -1.45. The molecule has 3 heteroatoms. The number of ketones is 1. The minimum absolute atomic E-state index is 0.0138. The molecule has 1 aliphatic rings. The van der Waals surface area contributed by atoms with Gasteiger partial charge < -0.3 is 15.0 Å². The summed E-state index contributed by atoms with van der Waals surface area (Å²) in [7, 11) is 0. The third-order valence-electron chi connectivity index (χ3n) is 5.29. The van der Waals surface area contributed by atoms with Gasteiger partial charge in [0.15, 0.2) is 0 Å². The van der Waals surface area contributed by atoms with Gasteiger partial charge in [0, 0.05) is 6.42 Å². The van der Waals surface area contributed by atoms with Crippen LogP contribution < -0.4 is 0 Å². The van der Waals surface area contributed by atoms with Crippen molar-refractivity contribution in [3.8, 4) is 0 Å². The van der Waals surface area contributed by atoms with Crippen molar-refractivity contribution < 1.29 is 15.0 Å². The molecular weight excluding hydrogens is 324 g/mol. The van der Waals surface area contributed by atoms with Crippen molar-refractivity contribution >= 4 is 5.78 Å². The highest BCUT2D eigenvalue weighted by molar-refractivity contribution is 5.75. The predicted octanol–water partition coefficient (Wildman–Crippen LogP) is 5.05. The first kappa shape index (κ1) is 22.6. The highest BCUT2D eigenvalue weighted by Gasteiger charge is 2.27. The summed E-state index contributed by atoms with van der Waals surface area (Å²) in [4.78, 5) is 11.0. The van der Waals surface area contributed by atoms with Crippen molar-refractivity contribution in [2.24, 2.45) is 5.41 Å². The van der Waals surface area contributed by atoms with Gasteiger partial charge in [-0.3, -0.25) is 0 Å². The van der Waals surface area contributed by atoms with Gasteiger partial charge in [0.1, 0.15) is 11.4 Å². The molecule has 0 aromatic carbocycles. The summed E-state index contributed by atoms with van der Waals surface area (Å²) in [5.74, 6) is 0.0138. The van der Waals surface area contributed by atoms with E-state index in [0.717, 1.165) is 5.57 Å². The van der Waals surface area contributed by atoms with E-state index in [1.54, 1.807) is 19.1 Å². The van der Waals surface area contributed by atoms with Crippen LogP contribution in [-0.4, -0.2) is 27.7 Å². The van der Waals surface area contributed by atoms with Crippen LogP contribution in [0.3, 0.4) is 0 Å². The minimum atomic E-state index is -1.35. The summed E-state index contributed by atoms with van der Waals surface area (Å²) in [5.41, 5.74) is 2.85. The van der Waals surface area contributed by atoms with Crippen LogP contribution in [-0.2, 0) is 4.79 Å². The van der Waals surface area contributed by atoms with E-state index in [-0.39, 0.29) is 24.0 Å². The third kappa shape index (κ3) is 7.05. The molecule has 0 aromatic rings. The highest BCUT2D eigenvalue weighted by Crippen LogP contribution is 2.40. The lowest BCUT2D eigenvalue weighted by Crippen LogP contribution is -2.37.